The molecule has 6 aliphatic heterocycles. The normalized spacial score (nSPS) is 32.4. The number of amides is 1. The van der Waals surface area contributed by atoms with Crippen molar-refractivity contribution in [2.75, 3.05) is 53.2 Å². The van der Waals surface area contributed by atoms with E-state index in [1.807, 2.05) is 6.92 Å². The van der Waals surface area contributed by atoms with Gasteiger partial charge in [0.25, 0.3) is 0 Å². The van der Waals surface area contributed by atoms with Crippen LogP contribution in [0.5, 0.6) is 0 Å². The zero-order chi connectivity index (χ0) is 98.5. The van der Waals surface area contributed by atoms with Gasteiger partial charge < -0.3 is 160 Å². The maximum atomic E-state index is 13.5. The number of esters is 10. The van der Waals surface area contributed by atoms with E-state index in [0.29, 0.717) is 70.6 Å². The fourth-order valence-corrected chi connectivity index (χ4v) is 16.3. The first-order valence-electron chi connectivity index (χ1n) is 45.5. The number of rotatable bonds is 56. The van der Waals surface area contributed by atoms with Crippen molar-refractivity contribution in [3.05, 3.63) is 0 Å². The molecule has 6 heterocycles. The quantitative estimate of drug-likeness (QED) is 0.0225. The van der Waals surface area contributed by atoms with Crippen LogP contribution in [0, 0.1) is 0 Å². The molecule has 6 rings (SSSR count). The van der Waals surface area contributed by atoms with Gasteiger partial charge in [-0.15, -0.1) is 0 Å². The van der Waals surface area contributed by atoms with Gasteiger partial charge in [-0.25, -0.2) is 0 Å². The Kier molecular flexibility index (Phi) is 50.0. The molecule has 0 radical (unpaired) electrons. The summed E-state index contributed by atoms with van der Waals surface area (Å²) in [6, 6.07) is 0. The van der Waals surface area contributed by atoms with E-state index in [-0.39, 0.29) is 18.2 Å². The van der Waals surface area contributed by atoms with E-state index in [9.17, 15) is 108 Å². The lowest BCUT2D eigenvalue weighted by Crippen LogP contribution is -2.70. The molecule has 0 aromatic rings. The lowest BCUT2D eigenvalue weighted by atomic mass is 9.94. The minimum absolute atomic E-state index is 0.181. The van der Waals surface area contributed by atoms with Gasteiger partial charge >= 0.3 is 65.7 Å². The maximum Gasteiger partial charge on any atom is 0.323 e. The van der Waals surface area contributed by atoms with Gasteiger partial charge in [0.15, 0.2) is 74.4 Å². The maximum absolute atomic E-state index is 13.5. The number of carbonyl (C=O) groups excluding carboxylic acids is 12. The highest BCUT2D eigenvalue weighted by Crippen LogP contribution is 2.42. The monoisotopic (exact) mass is 1920 g/mol. The summed E-state index contributed by atoms with van der Waals surface area (Å²) in [5.74, 6) is -11.3. The fraction of sp³-hybridized carbons (Fsp3) is 0.851. The van der Waals surface area contributed by atoms with Crippen LogP contribution < -0.4 is 0 Å². The lowest BCUT2D eigenvalue weighted by Gasteiger charge is -2.52. The van der Waals surface area contributed by atoms with Crippen LogP contribution in [-0.4, -0.2) is 377 Å². The molecule has 0 saturated carbocycles. The van der Waals surface area contributed by atoms with Crippen molar-refractivity contribution in [2.24, 2.45) is 0 Å². The summed E-state index contributed by atoms with van der Waals surface area (Å²) in [5.41, 5.74) is 0. The highest BCUT2D eigenvalue weighted by Gasteiger charge is 2.62. The molecule has 0 aliphatic carbocycles. The molecule has 10 N–H and O–H groups in total. The van der Waals surface area contributed by atoms with E-state index in [1.165, 1.54) is 11.9 Å². The van der Waals surface area contributed by atoms with E-state index in [0.717, 1.165) is 153 Å². The van der Waals surface area contributed by atoms with Gasteiger partial charge in [0.1, 0.15) is 149 Å². The predicted octanol–water partition coefficient (Wildman–Crippen LogP) is 0.495. The Hall–Kier alpha value is -7.53. The van der Waals surface area contributed by atoms with Crippen molar-refractivity contribution < 1.29 is 218 Å². The highest BCUT2D eigenvalue weighted by atomic mass is 16.8. The van der Waals surface area contributed by atoms with Crippen molar-refractivity contribution in [1.82, 2.24) is 4.90 Å². The molecule has 0 bridgehead atoms. The number of unbranched alkanes of at least 4 members (excludes halogenated alkanes) is 16. The van der Waals surface area contributed by atoms with Crippen LogP contribution in [0.25, 0.3) is 0 Å². The van der Waals surface area contributed by atoms with Crippen LogP contribution in [0.1, 0.15) is 230 Å². The minimum atomic E-state index is -2.55. The van der Waals surface area contributed by atoms with E-state index < -0.39 is 296 Å². The minimum Gasteiger partial charge on any atom is -0.480 e. The Bertz CT molecular complexity index is 3630. The standard InChI is InChI=1S/C87H139NO45/c1-13-14-27-34-55(35-30-25-22-21-24-29-33-54(101)32-28-23-19-17-15-16-18-20-26-31-36-62(102)88(12)37-63(103)104)122-84-76(132-86-80(120-52(10)99)78(118-50(8)97)73(116-48(6)95)60(127-86)42-114-46(4)93)68(109)71(57(39-90)124-84)130-85-77(133-87-81(121-53(11)100)79(119-51(9)98)74(117-49(7)96)61(128-87)43-115-47(5)94)69(110)72(59(126-85)41-113-45(3)92)129-83-70(111)75(65(106)56(38-89)123-83)131-82-67(108)66(107)64(105)58(125-82)40-112-44(2)91/h55-61,64-87,89-90,105-111H,13-43H2,1-12H3,(H,103,104)/t55-,56-,57-,58-,59-,60-,61-,64-,65-,66+,67-,68+,69+,70-,71-,72-,73+,74+,75+,76-,77-,78+,79+,80-,81-,82+,83+,84-,85+,86+,87+/m1/s1. The van der Waals surface area contributed by atoms with Gasteiger partial charge in [0.2, 0.25) is 5.91 Å². The second-order valence-electron chi connectivity index (χ2n) is 33.8. The number of nitrogens with zero attached hydrogens (tertiary/aromatic N) is 1. The molecular weight excluding hydrogens is 1780 g/mol. The third kappa shape index (κ3) is 37.4. The van der Waals surface area contributed by atoms with Crippen molar-refractivity contribution in [2.45, 2.75) is 421 Å². The molecule has 6 saturated heterocycles. The number of aliphatic carboxylic acids is 1. The number of hydrogen-bond acceptors (Lipinski definition) is 44. The largest absolute Gasteiger partial charge is 0.480 e. The number of hydrogen-bond donors (Lipinski definition) is 10. The molecule has 762 valence electrons. The summed E-state index contributed by atoms with van der Waals surface area (Å²) >= 11 is 0. The van der Waals surface area contributed by atoms with E-state index in [1.54, 1.807) is 0 Å². The molecule has 0 unspecified atom stereocenters. The third-order valence-corrected chi connectivity index (χ3v) is 22.7. The zero-order valence-electron chi connectivity index (χ0n) is 77.5. The first-order valence-corrected chi connectivity index (χ1v) is 45.5. The number of aliphatic hydroxyl groups excluding tert-OH is 9. The number of aliphatic hydroxyl groups is 9. The predicted molar refractivity (Wildman–Crippen MR) is 444 cm³/mol. The van der Waals surface area contributed by atoms with E-state index >= 15 is 0 Å². The number of likely N-dealkylation sites (N-methyl/N-ethyl adjacent to an activating group) is 1. The second kappa shape index (κ2) is 58.3. The topological polar surface area (TPSA) is 631 Å². The van der Waals surface area contributed by atoms with Gasteiger partial charge in [-0.2, -0.15) is 0 Å². The van der Waals surface area contributed by atoms with Crippen LogP contribution in [0.3, 0.4) is 0 Å². The summed E-state index contributed by atoms with van der Waals surface area (Å²) in [6.45, 7) is 5.52. The van der Waals surface area contributed by atoms with Crippen LogP contribution >= 0.6 is 0 Å². The summed E-state index contributed by atoms with van der Waals surface area (Å²) in [6.07, 6.45) is -45.8. The van der Waals surface area contributed by atoms with Crippen molar-refractivity contribution in [1.29, 1.82) is 0 Å². The molecule has 31 atom stereocenters. The Morgan fingerprint density at radius 1 is 0.293 bits per heavy atom. The van der Waals surface area contributed by atoms with E-state index in [4.69, 9.17) is 109 Å². The lowest BCUT2D eigenvalue weighted by molar-refractivity contribution is -0.412. The third-order valence-electron chi connectivity index (χ3n) is 22.7. The average molecular weight is 1920 g/mol. The Morgan fingerprint density at radius 3 is 1.02 bits per heavy atom. The smallest absolute Gasteiger partial charge is 0.323 e. The molecule has 0 spiro atoms. The van der Waals surface area contributed by atoms with Crippen LogP contribution in [0.4, 0.5) is 0 Å². The molecule has 6 fully saturated rings. The SMILES string of the molecule is CCCCC[C@H](CCCCCCCCC(=O)CCCCCCCCCCCCC(=O)N(C)CC(=O)O)O[C@@H]1O[C@H](CO)[C@@H](O[C@@H]2O[C@H](COC(C)=O)[C@@H](O[C@@H]3O[C@H](CO)[C@@H](O)[C@H](O[C@@H]4O[C@H](COC(C)=O)[C@@H](O)[C@H](O)[C@H]4O)[C@H]3O)[C@H](O)[C@H]2O[C@@H]2O[C@H](COC(C)=O)[C@H](OC(C)=O)[C@H](OC(C)=O)[C@H]2OC(C)=O)[C@H](O)[C@H]1O[C@@H]1O[C@H](COC(C)=O)[C@H](OC(C)=O)[C@H](OC(C)=O)[C@H]1OC(C)=O. The highest BCUT2D eigenvalue weighted by molar-refractivity contribution is 5.81. The summed E-state index contributed by atoms with van der Waals surface area (Å²) in [7, 11) is 1.48. The summed E-state index contributed by atoms with van der Waals surface area (Å²) < 4.78 is 132. The molecular formula is C87H139NO45. The number of ether oxygens (including phenoxy) is 22. The first kappa shape index (κ1) is 114. The van der Waals surface area contributed by atoms with Crippen LogP contribution in [0.2, 0.25) is 0 Å². The van der Waals surface area contributed by atoms with Crippen LogP contribution in [-0.2, 0) is 167 Å². The van der Waals surface area contributed by atoms with Gasteiger partial charge in [-0.3, -0.25) is 62.3 Å². The van der Waals surface area contributed by atoms with E-state index in [2.05, 4.69) is 0 Å². The second-order valence-corrected chi connectivity index (χ2v) is 33.8. The molecule has 6 aliphatic rings. The zero-order valence-corrected chi connectivity index (χ0v) is 77.5. The van der Waals surface area contributed by atoms with Gasteiger partial charge in [0, 0.05) is 95.5 Å². The van der Waals surface area contributed by atoms with Gasteiger partial charge in [-0.1, -0.05) is 110 Å². The molecule has 46 nitrogen and oxygen atoms in total. The number of Topliss-reactive ketones (excluding diaryl/α,β-unsaturated/α-hetero) is 1. The molecule has 1 amide bonds. The number of carbonyl (C=O) groups is 13. The fourth-order valence-electron chi connectivity index (χ4n) is 16.3. The number of ketones is 1. The average Bonchev–Trinajstić information content (AvgIpc) is 0.752. The van der Waals surface area contributed by atoms with Gasteiger partial charge in [-0.05, 0) is 32.1 Å². The Morgan fingerprint density at radius 2 is 0.609 bits per heavy atom. The van der Waals surface area contributed by atoms with Crippen molar-refractivity contribution in [3.63, 3.8) is 0 Å². The first-order chi connectivity index (χ1) is 63.1. The number of carboxylic acid groups (broad SMARTS) is 1. The Balaban J connectivity index is 1.38. The van der Waals surface area contributed by atoms with Gasteiger partial charge in [0.05, 0.1) is 19.3 Å². The summed E-state index contributed by atoms with van der Waals surface area (Å²) in [5, 5.41) is 115. The summed E-state index contributed by atoms with van der Waals surface area (Å²) in [4.78, 5) is 166. The number of carboxylic acids is 1. The molecule has 46 heteroatoms. The Labute approximate surface area is 770 Å². The molecule has 133 heavy (non-hydrogen) atoms. The molecule has 0 aromatic heterocycles. The van der Waals surface area contributed by atoms with Crippen LogP contribution in [0.15, 0.2) is 0 Å². The molecule has 0 aromatic carbocycles. The van der Waals surface area contributed by atoms with Crippen molar-refractivity contribution >= 4 is 77.4 Å². The van der Waals surface area contributed by atoms with Crippen molar-refractivity contribution in [3.8, 4) is 0 Å².